The number of rotatable bonds is 2. The first-order valence-corrected chi connectivity index (χ1v) is 8.48. The molecule has 0 amide bonds. The van der Waals surface area contributed by atoms with Crippen molar-refractivity contribution < 1.29 is 0 Å². The van der Waals surface area contributed by atoms with Gasteiger partial charge in [-0.1, -0.05) is 19.3 Å². The second-order valence-corrected chi connectivity index (χ2v) is 7.22. The number of piperazine rings is 1. The molecule has 2 aliphatic rings. The Balaban J connectivity index is 1.75. The molecule has 106 valence electrons. The van der Waals surface area contributed by atoms with Gasteiger partial charge >= 0.3 is 0 Å². The molecule has 2 atom stereocenters. The van der Waals surface area contributed by atoms with Crippen molar-refractivity contribution in [1.29, 1.82) is 0 Å². The molecule has 2 fully saturated rings. The Kier molecular flexibility index (Phi) is 3.92. The predicted molar refractivity (Wildman–Crippen MR) is 80.5 cm³/mol. The van der Waals surface area contributed by atoms with E-state index in [0.29, 0.717) is 17.6 Å². The molecule has 0 bridgehead atoms. The molecule has 0 aromatic carbocycles. The average Bonchev–Trinajstić information content (AvgIpc) is 2.96. The van der Waals surface area contributed by atoms with E-state index in [0.717, 1.165) is 6.54 Å². The molecule has 1 N–H and O–H groups in total. The first-order valence-electron chi connectivity index (χ1n) is 7.60. The van der Waals surface area contributed by atoms with Crippen molar-refractivity contribution in [2.45, 2.75) is 63.6 Å². The van der Waals surface area contributed by atoms with E-state index in [1.807, 2.05) is 6.20 Å². The molecule has 19 heavy (non-hydrogen) atoms. The molecule has 1 saturated carbocycles. The van der Waals surface area contributed by atoms with Crippen LogP contribution in [-0.2, 0) is 0 Å². The van der Waals surface area contributed by atoms with Crippen LogP contribution >= 0.6 is 11.3 Å². The van der Waals surface area contributed by atoms with E-state index in [1.54, 1.807) is 11.3 Å². The fourth-order valence-electron chi connectivity index (χ4n) is 3.71. The Hall–Kier alpha value is -0.450. The molecule has 1 spiro atoms. The van der Waals surface area contributed by atoms with Gasteiger partial charge in [0.1, 0.15) is 5.01 Å². The Morgan fingerprint density at radius 1 is 1.42 bits per heavy atom. The van der Waals surface area contributed by atoms with Gasteiger partial charge in [-0.25, -0.2) is 4.98 Å². The molecule has 1 aromatic rings. The van der Waals surface area contributed by atoms with Crippen LogP contribution in [0.2, 0.25) is 0 Å². The number of hydrogen-bond donors (Lipinski definition) is 1. The van der Waals surface area contributed by atoms with Crippen molar-refractivity contribution >= 4 is 11.3 Å². The normalized spacial score (nSPS) is 29.5. The summed E-state index contributed by atoms with van der Waals surface area (Å²) in [6, 6.07) is 1.06. The van der Waals surface area contributed by atoms with Crippen LogP contribution in [0.5, 0.6) is 0 Å². The summed E-state index contributed by atoms with van der Waals surface area (Å²) in [5.74, 6) is 0. The van der Waals surface area contributed by atoms with Gasteiger partial charge in [-0.2, -0.15) is 0 Å². The first kappa shape index (κ1) is 13.5. The molecule has 2 heterocycles. The zero-order chi connectivity index (χ0) is 13.3. The lowest BCUT2D eigenvalue weighted by atomic mass is 9.79. The van der Waals surface area contributed by atoms with Gasteiger partial charge < -0.3 is 5.32 Å². The summed E-state index contributed by atoms with van der Waals surface area (Å²) < 4.78 is 0. The fourth-order valence-corrected chi connectivity index (χ4v) is 4.42. The number of thiazole rings is 1. The van der Waals surface area contributed by atoms with E-state index in [-0.39, 0.29) is 0 Å². The Morgan fingerprint density at radius 2 is 2.21 bits per heavy atom. The van der Waals surface area contributed by atoms with Crippen LogP contribution in [0.25, 0.3) is 0 Å². The lowest BCUT2D eigenvalue weighted by molar-refractivity contribution is 0.0355. The quantitative estimate of drug-likeness (QED) is 0.901. The summed E-state index contributed by atoms with van der Waals surface area (Å²) in [5, 5.41) is 7.21. The molecule has 3 rings (SSSR count). The van der Waals surface area contributed by atoms with Crippen LogP contribution in [0, 0.1) is 0 Å². The van der Waals surface area contributed by atoms with Crippen LogP contribution in [0.4, 0.5) is 0 Å². The third kappa shape index (κ3) is 2.71. The van der Waals surface area contributed by atoms with Gasteiger partial charge in [0.05, 0.1) is 6.04 Å². The number of hydrogen-bond acceptors (Lipinski definition) is 4. The summed E-state index contributed by atoms with van der Waals surface area (Å²) in [6.45, 7) is 6.97. The summed E-state index contributed by atoms with van der Waals surface area (Å²) in [6.07, 6.45) is 8.82. The van der Waals surface area contributed by atoms with Gasteiger partial charge in [-0.15, -0.1) is 11.3 Å². The molecule has 0 radical (unpaired) electrons. The fraction of sp³-hybridized carbons (Fsp3) is 0.800. The molecule has 1 saturated heterocycles. The highest BCUT2D eigenvalue weighted by atomic mass is 32.1. The molecule has 1 aliphatic carbocycles. The van der Waals surface area contributed by atoms with Crippen LogP contribution < -0.4 is 5.32 Å². The lowest BCUT2D eigenvalue weighted by Gasteiger charge is -2.50. The molecule has 4 heteroatoms. The van der Waals surface area contributed by atoms with Gasteiger partial charge in [-0.3, -0.25) is 4.90 Å². The van der Waals surface area contributed by atoms with E-state index >= 15 is 0 Å². The van der Waals surface area contributed by atoms with Crippen molar-refractivity contribution in [2.24, 2.45) is 0 Å². The maximum Gasteiger partial charge on any atom is 0.109 e. The number of nitrogens with one attached hydrogen (secondary N) is 1. The first-order chi connectivity index (χ1) is 9.20. The Morgan fingerprint density at radius 3 is 2.89 bits per heavy atom. The van der Waals surface area contributed by atoms with E-state index in [4.69, 9.17) is 0 Å². The minimum absolute atomic E-state index is 0.385. The van der Waals surface area contributed by atoms with Crippen molar-refractivity contribution in [3.8, 4) is 0 Å². The molecule has 2 unspecified atom stereocenters. The maximum absolute atomic E-state index is 4.52. The van der Waals surface area contributed by atoms with E-state index < -0.39 is 0 Å². The summed E-state index contributed by atoms with van der Waals surface area (Å²) in [5.41, 5.74) is 0.385. The topological polar surface area (TPSA) is 28.2 Å². The molecular formula is C15H25N3S. The highest BCUT2D eigenvalue weighted by Gasteiger charge is 2.40. The summed E-state index contributed by atoms with van der Waals surface area (Å²) >= 11 is 1.79. The van der Waals surface area contributed by atoms with Crippen molar-refractivity contribution in [3.63, 3.8) is 0 Å². The van der Waals surface area contributed by atoms with Crippen LogP contribution in [0.1, 0.15) is 57.0 Å². The molecule has 1 aromatic heterocycles. The SMILES string of the molecule is CC1CNC2(CCCCC2)CN1C(C)c1nccs1. The smallest absolute Gasteiger partial charge is 0.109 e. The van der Waals surface area contributed by atoms with E-state index in [1.165, 1.54) is 43.7 Å². The highest BCUT2D eigenvalue weighted by Crippen LogP contribution is 2.35. The Bertz CT molecular complexity index is 398. The zero-order valence-corrected chi connectivity index (χ0v) is 12.9. The van der Waals surface area contributed by atoms with Gasteiger partial charge in [0.25, 0.3) is 0 Å². The molecule has 3 nitrogen and oxygen atoms in total. The third-order valence-corrected chi connectivity index (χ3v) is 5.89. The van der Waals surface area contributed by atoms with Gasteiger partial charge in [0, 0.05) is 36.2 Å². The van der Waals surface area contributed by atoms with Crippen molar-refractivity contribution in [2.75, 3.05) is 13.1 Å². The monoisotopic (exact) mass is 279 g/mol. The summed E-state index contributed by atoms with van der Waals surface area (Å²) in [7, 11) is 0. The average molecular weight is 279 g/mol. The molecule has 1 aliphatic heterocycles. The van der Waals surface area contributed by atoms with E-state index in [2.05, 4.69) is 34.4 Å². The standard InChI is InChI=1S/C15H25N3S/c1-12-10-17-15(6-4-3-5-7-15)11-18(12)13(2)14-16-8-9-19-14/h8-9,12-13,17H,3-7,10-11H2,1-2H3. The molecular weight excluding hydrogens is 254 g/mol. The largest absolute Gasteiger partial charge is 0.308 e. The van der Waals surface area contributed by atoms with E-state index in [9.17, 15) is 0 Å². The van der Waals surface area contributed by atoms with Gasteiger partial charge in [-0.05, 0) is 26.7 Å². The van der Waals surface area contributed by atoms with Crippen LogP contribution in [-0.4, -0.2) is 34.6 Å². The van der Waals surface area contributed by atoms with Crippen molar-refractivity contribution in [3.05, 3.63) is 16.6 Å². The summed E-state index contributed by atoms with van der Waals surface area (Å²) in [4.78, 5) is 7.18. The zero-order valence-electron chi connectivity index (χ0n) is 12.1. The highest BCUT2D eigenvalue weighted by molar-refractivity contribution is 7.09. The predicted octanol–water partition coefficient (Wildman–Crippen LogP) is 3.20. The minimum Gasteiger partial charge on any atom is -0.308 e. The number of nitrogens with zero attached hydrogens (tertiary/aromatic N) is 2. The van der Waals surface area contributed by atoms with Gasteiger partial charge in [0.15, 0.2) is 0 Å². The Labute approximate surface area is 120 Å². The van der Waals surface area contributed by atoms with Crippen LogP contribution in [0.3, 0.4) is 0 Å². The third-order valence-electron chi connectivity index (χ3n) is 4.94. The van der Waals surface area contributed by atoms with Crippen molar-refractivity contribution in [1.82, 2.24) is 15.2 Å². The maximum atomic E-state index is 4.52. The van der Waals surface area contributed by atoms with Crippen LogP contribution in [0.15, 0.2) is 11.6 Å². The second-order valence-electron chi connectivity index (χ2n) is 6.29. The minimum atomic E-state index is 0.385. The second kappa shape index (κ2) is 5.51. The lowest BCUT2D eigenvalue weighted by Crippen LogP contribution is -2.64. The van der Waals surface area contributed by atoms with Gasteiger partial charge in [0.2, 0.25) is 0 Å². The number of aromatic nitrogens is 1.